The standard InChI is InChI=1S/C30H39F3N2O4S/c1-4-40(38,39)25-12-7-21(8-13-25)27(18-36)34-29(37)22-9-14-26-23(15-22)17-35(28(26)19(2)3)16-20-5-10-24(11-6-20)30(31,32)33/h7-9,12-15,19-20,24,27-28,36H,4-6,10-11,16-18H2,1-3H3,(H,34,37)/t20?,24?,27-,28-/m0/s1. The van der Waals surface area contributed by atoms with Gasteiger partial charge in [0.25, 0.3) is 5.91 Å². The first-order valence-corrected chi connectivity index (χ1v) is 15.7. The van der Waals surface area contributed by atoms with Gasteiger partial charge >= 0.3 is 6.18 Å². The van der Waals surface area contributed by atoms with Gasteiger partial charge in [0.05, 0.1) is 29.2 Å². The van der Waals surface area contributed by atoms with Gasteiger partial charge in [0.2, 0.25) is 0 Å². The van der Waals surface area contributed by atoms with E-state index >= 15 is 0 Å². The van der Waals surface area contributed by atoms with Crippen molar-refractivity contribution in [2.24, 2.45) is 17.8 Å². The summed E-state index contributed by atoms with van der Waals surface area (Å²) in [7, 11) is -3.35. The fourth-order valence-corrected chi connectivity index (χ4v) is 7.08. The topological polar surface area (TPSA) is 86.7 Å². The normalized spacial score (nSPS) is 22.8. The van der Waals surface area contributed by atoms with Gasteiger partial charge in [-0.25, -0.2) is 8.42 Å². The molecule has 40 heavy (non-hydrogen) atoms. The van der Waals surface area contributed by atoms with Crippen molar-refractivity contribution in [2.75, 3.05) is 18.9 Å². The van der Waals surface area contributed by atoms with Crippen molar-refractivity contribution < 1.29 is 31.5 Å². The molecule has 0 saturated heterocycles. The minimum Gasteiger partial charge on any atom is -0.394 e. The van der Waals surface area contributed by atoms with E-state index in [1.807, 2.05) is 12.1 Å². The number of rotatable bonds is 9. The zero-order valence-electron chi connectivity index (χ0n) is 23.2. The number of carbonyl (C=O) groups excluding carboxylic acids is 1. The summed E-state index contributed by atoms with van der Waals surface area (Å²) in [4.78, 5) is 15.7. The quantitative estimate of drug-likeness (QED) is 0.390. The Bertz CT molecular complexity index is 1290. The van der Waals surface area contributed by atoms with Crippen LogP contribution in [0.15, 0.2) is 47.4 Å². The minimum absolute atomic E-state index is 0.0148. The summed E-state index contributed by atoms with van der Waals surface area (Å²) in [6.07, 6.45) is -2.59. The van der Waals surface area contributed by atoms with Crippen molar-refractivity contribution >= 4 is 15.7 Å². The molecule has 0 spiro atoms. The third-order valence-electron chi connectivity index (χ3n) is 8.43. The molecule has 0 unspecified atom stereocenters. The van der Waals surface area contributed by atoms with Gasteiger partial charge in [-0.05, 0) is 78.5 Å². The highest BCUT2D eigenvalue weighted by molar-refractivity contribution is 7.91. The van der Waals surface area contributed by atoms with Crippen LogP contribution in [0.4, 0.5) is 13.2 Å². The summed E-state index contributed by atoms with van der Waals surface area (Å²) in [6, 6.07) is 11.2. The Kier molecular flexibility index (Phi) is 9.31. The third kappa shape index (κ3) is 6.71. The number of sulfone groups is 1. The van der Waals surface area contributed by atoms with E-state index in [1.165, 1.54) is 12.1 Å². The fraction of sp³-hybridized carbons (Fsp3) is 0.567. The molecule has 1 saturated carbocycles. The van der Waals surface area contributed by atoms with Crippen LogP contribution in [0, 0.1) is 17.8 Å². The Morgan fingerprint density at radius 2 is 1.73 bits per heavy atom. The maximum absolute atomic E-state index is 13.2. The van der Waals surface area contributed by atoms with E-state index in [1.54, 1.807) is 25.1 Å². The molecule has 4 rings (SSSR count). The van der Waals surface area contributed by atoms with Gasteiger partial charge in [0.15, 0.2) is 9.84 Å². The van der Waals surface area contributed by atoms with Crippen LogP contribution in [-0.2, 0) is 16.4 Å². The van der Waals surface area contributed by atoms with E-state index in [0.29, 0.717) is 36.4 Å². The number of carbonyl (C=O) groups is 1. The van der Waals surface area contributed by atoms with E-state index in [2.05, 4.69) is 24.1 Å². The second-order valence-corrected chi connectivity index (χ2v) is 13.8. The molecule has 0 radical (unpaired) electrons. The van der Waals surface area contributed by atoms with E-state index in [9.17, 15) is 31.5 Å². The summed E-state index contributed by atoms with van der Waals surface area (Å²) in [5.41, 5.74) is 3.22. The third-order valence-corrected chi connectivity index (χ3v) is 10.2. The largest absolute Gasteiger partial charge is 0.394 e. The zero-order valence-corrected chi connectivity index (χ0v) is 24.1. The Labute approximate surface area is 234 Å². The number of alkyl halides is 3. The van der Waals surface area contributed by atoms with E-state index in [-0.39, 0.29) is 48.0 Å². The highest BCUT2D eigenvalue weighted by atomic mass is 32.2. The average Bonchev–Trinajstić information content (AvgIpc) is 3.28. The molecule has 0 bridgehead atoms. The summed E-state index contributed by atoms with van der Waals surface area (Å²) in [6.45, 7) is 6.86. The van der Waals surface area contributed by atoms with Crippen LogP contribution < -0.4 is 5.32 Å². The van der Waals surface area contributed by atoms with Gasteiger partial charge in [0.1, 0.15) is 0 Å². The molecule has 1 aliphatic heterocycles. The van der Waals surface area contributed by atoms with Gasteiger partial charge < -0.3 is 10.4 Å². The van der Waals surface area contributed by atoms with E-state index < -0.39 is 28.0 Å². The Morgan fingerprint density at radius 1 is 1.07 bits per heavy atom. The summed E-state index contributed by atoms with van der Waals surface area (Å²) in [5, 5.41) is 12.8. The molecule has 0 aromatic heterocycles. The molecule has 1 amide bonds. The van der Waals surface area contributed by atoms with E-state index in [4.69, 9.17) is 0 Å². The SMILES string of the molecule is CCS(=O)(=O)c1ccc([C@H](CO)NC(=O)c2ccc3c(c2)CN(CC2CCC(C(F)(F)F)CC2)[C@H]3C(C)C)cc1. The first-order chi connectivity index (χ1) is 18.8. The maximum Gasteiger partial charge on any atom is 0.391 e. The Balaban J connectivity index is 1.44. The summed E-state index contributed by atoms with van der Waals surface area (Å²) < 4.78 is 63.5. The number of nitrogens with zero attached hydrogens (tertiary/aromatic N) is 1. The molecule has 2 aromatic rings. The van der Waals surface area contributed by atoms with Crippen LogP contribution in [0.5, 0.6) is 0 Å². The number of halogens is 3. The fourth-order valence-electron chi connectivity index (χ4n) is 6.20. The van der Waals surface area contributed by atoms with Gasteiger partial charge in [-0.2, -0.15) is 13.2 Å². The van der Waals surface area contributed by atoms with Gasteiger partial charge in [-0.1, -0.05) is 39.0 Å². The second kappa shape index (κ2) is 12.2. The number of benzene rings is 2. The first kappa shape index (κ1) is 30.5. The van der Waals surface area contributed by atoms with Crippen molar-refractivity contribution in [3.8, 4) is 0 Å². The van der Waals surface area contributed by atoms with E-state index in [0.717, 1.165) is 17.7 Å². The number of aliphatic hydroxyl groups excluding tert-OH is 1. The van der Waals surface area contributed by atoms with Gasteiger partial charge in [-0.15, -0.1) is 0 Å². The number of aliphatic hydroxyl groups is 1. The maximum atomic E-state index is 13.2. The number of nitrogens with one attached hydrogen (secondary N) is 1. The molecule has 2 aliphatic rings. The molecule has 2 aromatic carbocycles. The molecule has 1 heterocycles. The highest BCUT2D eigenvalue weighted by Crippen LogP contribution is 2.43. The molecule has 2 atom stereocenters. The van der Waals surface area contributed by atoms with Crippen molar-refractivity contribution in [2.45, 2.75) is 76.2 Å². The number of amides is 1. The molecule has 10 heteroatoms. The van der Waals surface area contributed by atoms with Gasteiger partial charge in [-0.3, -0.25) is 9.69 Å². The Morgan fingerprint density at radius 3 is 2.27 bits per heavy atom. The van der Waals surface area contributed by atoms with Crippen molar-refractivity contribution in [3.63, 3.8) is 0 Å². The zero-order chi connectivity index (χ0) is 29.2. The molecule has 1 fully saturated rings. The van der Waals surface area contributed by atoms with Crippen LogP contribution in [0.1, 0.15) is 85.6 Å². The second-order valence-electron chi connectivity index (χ2n) is 11.5. The lowest BCUT2D eigenvalue weighted by atomic mass is 9.81. The molecular weight excluding hydrogens is 541 g/mol. The van der Waals surface area contributed by atoms with Crippen molar-refractivity contribution in [1.29, 1.82) is 0 Å². The van der Waals surface area contributed by atoms with Crippen LogP contribution in [0.2, 0.25) is 0 Å². The van der Waals surface area contributed by atoms with Crippen molar-refractivity contribution in [3.05, 3.63) is 64.7 Å². The summed E-state index contributed by atoms with van der Waals surface area (Å²) in [5.74, 6) is -1.03. The monoisotopic (exact) mass is 580 g/mol. The first-order valence-electron chi connectivity index (χ1n) is 14.0. The van der Waals surface area contributed by atoms with Crippen molar-refractivity contribution in [1.82, 2.24) is 10.2 Å². The smallest absolute Gasteiger partial charge is 0.391 e. The van der Waals surface area contributed by atoms with Crippen LogP contribution in [-0.4, -0.2) is 49.4 Å². The van der Waals surface area contributed by atoms with Crippen LogP contribution in [0.3, 0.4) is 0 Å². The lowest BCUT2D eigenvalue weighted by Crippen LogP contribution is -2.34. The molecule has 220 valence electrons. The number of fused-ring (bicyclic) bond motifs is 1. The minimum atomic E-state index is -4.11. The number of hydrogen-bond acceptors (Lipinski definition) is 5. The highest BCUT2D eigenvalue weighted by Gasteiger charge is 2.42. The number of hydrogen-bond donors (Lipinski definition) is 2. The average molecular weight is 581 g/mol. The van der Waals surface area contributed by atoms with Gasteiger partial charge in [0, 0.05) is 24.7 Å². The molecular formula is C30H39F3N2O4S. The van der Waals surface area contributed by atoms with Crippen LogP contribution >= 0.6 is 0 Å². The molecule has 1 aliphatic carbocycles. The molecule has 6 nitrogen and oxygen atoms in total. The molecule has 2 N–H and O–H groups in total. The van der Waals surface area contributed by atoms with Crippen LogP contribution in [0.25, 0.3) is 0 Å². The Hall–Kier alpha value is -2.43. The lowest BCUT2D eigenvalue weighted by molar-refractivity contribution is -0.184. The predicted octanol–water partition coefficient (Wildman–Crippen LogP) is 5.83. The summed E-state index contributed by atoms with van der Waals surface area (Å²) >= 11 is 0. The lowest BCUT2D eigenvalue weighted by Gasteiger charge is -2.35. The predicted molar refractivity (Wildman–Crippen MR) is 147 cm³/mol.